The number of nitrogens with zero attached hydrogens (tertiary/aromatic N) is 5. The first kappa shape index (κ1) is 21.0. The Morgan fingerprint density at radius 3 is 2.79 bits per heavy atom. The molecule has 0 fully saturated rings. The molecule has 0 aliphatic rings. The van der Waals surface area contributed by atoms with Crippen LogP contribution in [0.2, 0.25) is 4.34 Å². The summed E-state index contributed by atoms with van der Waals surface area (Å²) < 4.78 is 3.82. The number of halogens is 1. The lowest BCUT2D eigenvalue weighted by molar-refractivity contribution is 0.0986. The summed E-state index contributed by atoms with van der Waals surface area (Å²) in [7, 11) is 0. The van der Waals surface area contributed by atoms with Crippen LogP contribution < -0.4 is 5.56 Å². The Balaban J connectivity index is 1.44. The number of benzene rings is 1. The number of aryl methyl sites for hydroxylation is 1. The van der Waals surface area contributed by atoms with Gasteiger partial charge in [0.1, 0.15) is 0 Å². The van der Waals surface area contributed by atoms with Crippen LogP contribution in [-0.2, 0) is 6.42 Å². The van der Waals surface area contributed by atoms with Crippen LogP contribution >= 0.6 is 22.9 Å². The minimum Gasteiger partial charge on any atom is -0.293 e. The normalized spacial score (nSPS) is 11.1. The van der Waals surface area contributed by atoms with Gasteiger partial charge in [-0.15, -0.1) is 16.4 Å². The molecule has 5 aromatic rings. The Bertz CT molecular complexity index is 1480. The third kappa shape index (κ3) is 4.41. The second kappa shape index (κ2) is 8.97. The fraction of sp³-hybridized carbons (Fsp3) is 0.0870. The molecule has 33 heavy (non-hydrogen) atoms. The summed E-state index contributed by atoms with van der Waals surface area (Å²) >= 11 is 7.20. The third-order valence-electron chi connectivity index (χ3n) is 5.12. The molecule has 0 radical (unpaired) electrons. The highest BCUT2D eigenvalue weighted by Gasteiger charge is 2.15. The van der Waals surface area contributed by atoms with Gasteiger partial charge in [0, 0.05) is 42.6 Å². The number of nitrogens with one attached hydrogen (secondary N) is 1. The monoisotopic (exact) mass is 476 g/mol. The van der Waals surface area contributed by atoms with E-state index in [4.69, 9.17) is 11.6 Å². The number of thiophene rings is 1. The Hall–Kier alpha value is -3.82. The van der Waals surface area contributed by atoms with Crippen LogP contribution in [0.1, 0.15) is 21.8 Å². The van der Waals surface area contributed by atoms with Gasteiger partial charge in [0.05, 0.1) is 32.5 Å². The van der Waals surface area contributed by atoms with E-state index < -0.39 is 0 Å². The summed E-state index contributed by atoms with van der Waals surface area (Å²) in [6, 6.07) is 16.0. The highest BCUT2D eigenvalue weighted by Crippen LogP contribution is 2.27. The molecule has 4 aromatic heterocycles. The molecule has 0 saturated heterocycles. The number of Topliss-reactive ketones (excluding diaryl/α,β-unsaturated/α-hetero) is 1. The van der Waals surface area contributed by atoms with Gasteiger partial charge in [-0.25, -0.2) is 4.68 Å². The summed E-state index contributed by atoms with van der Waals surface area (Å²) in [6.07, 6.45) is 5.97. The van der Waals surface area contributed by atoms with Gasteiger partial charge in [-0.05, 0) is 42.5 Å². The zero-order valence-electron chi connectivity index (χ0n) is 17.2. The van der Waals surface area contributed by atoms with Crippen molar-refractivity contribution in [3.63, 3.8) is 0 Å². The summed E-state index contributed by atoms with van der Waals surface area (Å²) in [5.41, 5.74) is 3.64. The lowest BCUT2D eigenvalue weighted by Gasteiger charge is -2.11. The van der Waals surface area contributed by atoms with Crippen LogP contribution in [0.3, 0.4) is 0 Å². The molecule has 0 atom stereocenters. The van der Waals surface area contributed by atoms with Gasteiger partial charge >= 0.3 is 0 Å². The Morgan fingerprint density at radius 1 is 1.12 bits per heavy atom. The van der Waals surface area contributed by atoms with Crippen molar-refractivity contribution in [3.8, 4) is 22.6 Å². The van der Waals surface area contributed by atoms with Crippen molar-refractivity contribution in [2.45, 2.75) is 12.8 Å². The van der Waals surface area contributed by atoms with Gasteiger partial charge in [-0.3, -0.25) is 19.3 Å². The molecule has 10 heteroatoms. The minimum absolute atomic E-state index is 0.0252. The predicted octanol–water partition coefficient (Wildman–Crippen LogP) is 4.34. The molecule has 0 aliphatic heterocycles. The van der Waals surface area contributed by atoms with Crippen molar-refractivity contribution in [1.29, 1.82) is 0 Å². The number of carbonyl (C=O) groups excluding carboxylic acids is 1. The van der Waals surface area contributed by atoms with E-state index in [2.05, 4.69) is 20.5 Å². The van der Waals surface area contributed by atoms with E-state index in [1.54, 1.807) is 52.1 Å². The topological polar surface area (TPSA) is 98.5 Å². The van der Waals surface area contributed by atoms with Crippen LogP contribution in [0.4, 0.5) is 0 Å². The van der Waals surface area contributed by atoms with Gasteiger partial charge < -0.3 is 0 Å². The van der Waals surface area contributed by atoms with Crippen molar-refractivity contribution in [1.82, 2.24) is 29.8 Å². The zero-order valence-corrected chi connectivity index (χ0v) is 18.8. The number of hydrogen-bond acceptors (Lipinski definition) is 6. The maximum Gasteiger partial charge on any atom is 0.255 e. The molecule has 0 saturated carbocycles. The average Bonchev–Trinajstić information content (AvgIpc) is 3.59. The Morgan fingerprint density at radius 2 is 2.03 bits per heavy atom. The van der Waals surface area contributed by atoms with E-state index >= 15 is 0 Å². The van der Waals surface area contributed by atoms with Gasteiger partial charge in [0.25, 0.3) is 5.56 Å². The summed E-state index contributed by atoms with van der Waals surface area (Å²) in [5.74, 6) is 0.0252. The first-order valence-corrected chi connectivity index (χ1v) is 11.3. The fourth-order valence-corrected chi connectivity index (χ4v) is 4.51. The first-order chi connectivity index (χ1) is 16.1. The number of aromatic amines is 1. The van der Waals surface area contributed by atoms with E-state index in [1.807, 2.05) is 24.3 Å². The van der Waals surface area contributed by atoms with Gasteiger partial charge in [-0.1, -0.05) is 22.9 Å². The van der Waals surface area contributed by atoms with E-state index in [0.717, 1.165) is 22.6 Å². The second-order valence-electron chi connectivity index (χ2n) is 7.26. The number of H-pyrrole nitrogens is 1. The van der Waals surface area contributed by atoms with E-state index in [9.17, 15) is 9.59 Å². The maximum atomic E-state index is 12.4. The molecule has 0 unspecified atom stereocenters. The van der Waals surface area contributed by atoms with Crippen molar-refractivity contribution in [3.05, 3.63) is 98.4 Å². The molecule has 0 spiro atoms. The Kier molecular flexibility index (Phi) is 5.72. The molecule has 1 N–H and O–H groups in total. The number of ketones is 1. The molecular formula is C23H17ClN6O2S. The number of rotatable bonds is 7. The van der Waals surface area contributed by atoms with Crippen LogP contribution in [0.25, 0.3) is 22.6 Å². The number of aromatic nitrogens is 6. The van der Waals surface area contributed by atoms with Crippen LogP contribution in [0, 0.1) is 0 Å². The number of carbonyl (C=O) groups is 1. The molecule has 0 bridgehead atoms. The highest BCUT2D eigenvalue weighted by atomic mass is 35.5. The molecule has 4 heterocycles. The second-order valence-corrected chi connectivity index (χ2v) is 8.98. The quantitative estimate of drug-likeness (QED) is 0.352. The van der Waals surface area contributed by atoms with Crippen molar-refractivity contribution >= 4 is 28.7 Å². The fourth-order valence-electron chi connectivity index (χ4n) is 3.50. The first-order valence-electron chi connectivity index (χ1n) is 10.1. The van der Waals surface area contributed by atoms with Gasteiger partial charge in [0.2, 0.25) is 0 Å². The highest BCUT2D eigenvalue weighted by molar-refractivity contribution is 7.18. The van der Waals surface area contributed by atoms with Crippen molar-refractivity contribution < 1.29 is 4.79 Å². The average molecular weight is 477 g/mol. The van der Waals surface area contributed by atoms with Crippen LogP contribution in [0.5, 0.6) is 0 Å². The molecular weight excluding hydrogens is 460 g/mol. The minimum atomic E-state index is -0.124. The molecule has 164 valence electrons. The van der Waals surface area contributed by atoms with E-state index in [-0.39, 0.29) is 11.3 Å². The smallest absolute Gasteiger partial charge is 0.255 e. The molecule has 0 amide bonds. The third-order valence-corrected chi connectivity index (χ3v) is 6.39. The standard InChI is InChI=1S/C23H17ClN6O2S/c24-22-9-8-21(33-22)20(31)7-4-15-14-30(28-26-15)19-6-5-16(29-12-2-1-3-23(29)32)13-17(19)18-10-11-25-27-18/h1-3,5-6,8-14H,4,7H2,(H,25,27). The zero-order chi connectivity index (χ0) is 22.8. The van der Waals surface area contributed by atoms with Gasteiger partial charge in [0.15, 0.2) is 5.78 Å². The number of hydrogen-bond donors (Lipinski definition) is 1. The van der Waals surface area contributed by atoms with Crippen LogP contribution in [-0.4, -0.2) is 35.5 Å². The summed E-state index contributed by atoms with van der Waals surface area (Å²) in [4.78, 5) is 25.3. The largest absolute Gasteiger partial charge is 0.293 e. The van der Waals surface area contributed by atoms with E-state index in [1.165, 1.54) is 17.4 Å². The van der Waals surface area contributed by atoms with Gasteiger partial charge in [-0.2, -0.15) is 5.10 Å². The molecule has 0 aliphatic carbocycles. The van der Waals surface area contributed by atoms with Crippen molar-refractivity contribution in [2.75, 3.05) is 0 Å². The lowest BCUT2D eigenvalue weighted by atomic mass is 10.1. The summed E-state index contributed by atoms with van der Waals surface area (Å²) in [6.45, 7) is 0. The summed E-state index contributed by atoms with van der Waals surface area (Å²) in [5, 5.41) is 15.5. The maximum absolute atomic E-state index is 12.4. The molecule has 5 rings (SSSR count). The Labute approximate surface area is 197 Å². The SMILES string of the molecule is O=C(CCc1cn(-c2ccc(-n3ccccc3=O)cc2-c2ccn[nH]2)nn1)c1ccc(Cl)s1. The van der Waals surface area contributed by atoms with Crippen molar-refractivity contribution in [2.24, 2.45) is 0 Å². The molecule has 1 aromatic carbocycles. The predicted molar refractivity (Wildman–Crippen MR) is 127 cm³/mol. The number of pyridine rings is 1. The molecule has 8 nitrogen and oxygen atoms in total. The van der Waals surface area contributed by atoms with Crippen LogP contribution in [0.15, 0.2) is 78.0 Å². The van der Waals surface area contributed by atoms with E-state index in [0.29, 0.717) is 27.7 Å². The lowest BCUT2D eigenvalue weighted by Crippen LogP contribution is -2.15.